The number of pyridine rings is 1. The molecule has 1 unspecified atom stereocenters. The van der Waals surface area contributed by atoms with Crippen LogP contribution in [0.4, 0.5) is 0 Å². The number of piperidine rings is 1. The van der Waals surface area contributed by atoms with Crippen LogP contribution in [0.5, 0.6) is 0 Å². The summed E-state index contributed by atoms with van der Waals surface area (Å²) < 4.78 is 6.16. The van der Waals surface area contributed by atoms with Crippen molar-refractivity contribution in [3.05, 3.63) is 30.1 Å². The smallest absolute Gasteiger partial charge is 0.222 e. The number of ether oxygens (including phenoxy) is 1. The molecular weight excluding hydrogens is 328 g/mol. The average Bonchev–Trinajstić information content (AvgIpc) is 3.16. The molecule has 1 amide bonds. The zero-order valence-corrected chi connectivity index (χ0v) is 15.5. The minimum Gasteiger partial charge on any atom is -0.383 e. The molecule has 1 atom stereocenters. The highest BCUT2D eigenvalue weighted by molar-refractivity contribution is 5.76. The van der Waals surface area contributed by atoms with Gasteiger partial charge in [0.2, 0.25) is 5.91 Å². The van der Waals surface area contributed by atoms with Crippen LogP contribution in [-0.4, -0.2) is 46.2 Å². The molecule has 5 nitrogen and oxygen atoms in total. The van der Waals surface area contributed by atoms with Gasteiger partial charge < -0.3 is 14.7 Å². The quantitative estimate of drug-likeness (QED) is 0.902. The summed E-state index contributed by atoms with van der Waals surface area (Å²) in [5, 5.41) is 11.2. The van der Waals surface area contributed by atoms with Crippen molar-refractivity contribution in [1.82, 2.24) is 9.88 Å². The molecule has 0 bridgehead atoms. The average molecular weight is 358 g/mol. The topological polar surface area (TPSA) is 62.7 Å². The maximum atomic E-state index is 12.6. The summed E-state index contributed by atoms with van der Waals surface area (Å²) in [7, 11) is 0. The number of hydrogen-bond donors (Lipinski definition) is 1. The number of aromatic nitrogens is 1. The molecule has 2 aliphatic heterocycles. The van der Waals surface area contributed by atoms with Gasteiger partial charge in [-0.05, 0) is 43.7 Å². The number of carbonyl (C=O) groups excluding carboxylic acids is 1. The van der Waals surface area contributed by atoms with E-state index in [0.29, 0.717) is 37.7 Å². The third-order valence-corrected chi connectivity index (χ3v) is 6.65. The molecule has 1 aromatic heterocycles. The van der Waals surface area contributed by atoms with Gasteiger partial charge >= 0.3 is 0 Å². The largest absolute Gasteiger partial charge is 0.383 e. The van der Waals surface area contributed by atoms with Crippen LogP contribution in [-0.2, 0) is 15.1 Å². The molecule has 142 valence electrons. The van der Waals surface area contributed by atoms with E-state index in [1.165, 1.54) is 25.7 Å². The number of rotatable bonds is 3. The Morgan fingerprint density at radius 1 is 1.23 bits per heavy atom. The molecule has 2 saturated heterocycles. The Morgan fingerprint density at radius 2 is 2.00 bits per heavy atom. The van der Waals surface area contributed by atoms with E-state index in [9.17, 15) is 9.90 Å². The predicted octanol–water partition coefficient (Wildman–Crippen LogP) is 3.02. The number of amides is 1. The predicted molar refractivity (Wildman–Crippen MR) is 98.4 cm³/mol. The van der Waals surface area contributed by atoms with E-state index < -0.39 is 5.60 Å². The third kappa shape index (κ3) is 3.65. The summed E-state index contributed by atoms with van der Waals surface area (Å²) in [4.78, 5) is 19.0. The first-order valence-electron chi connectivity index (χ1n) is 10.1. The minimum atomic E-state index is -0.921. The van der Waals surface area contributed by atoms with Crippen LogP contribution < -0.4 is 0 Å². The lowest BCUT2D eigenvalue weighted by Gasteiger charge is -2.49. The Labute approximate surface area is 155 Å². The highest BCUT2D eigenvalue weighted by Gasteiger charge is 2.48. The van der Waals surface area contributed by atoms with Gasteiger partial charge in [0.25, 0.3) is 0 Å². The van der Waals surface area contributed by atoms with Gasteiger partial charge in [0, 0.05) is 38.5 Å². The van der Waals surface area contributed by atoms with E-state index in [0.717, 1.165) is 31.6 Å². The molecule has 26 heavy (non-hydrogen) atoms. The maximum absolute atomic E-state index is 12.6. The zero-order valence-electron chi connectivity index (χ0n) is 15.5. The van der Waals surface area contributed by atoms with E-state index in [1.54, 1.807) is 6.20 Å². The van der Waals surface area contributed by atoms with Crippen LogP contribution in [0.15, 0.2) is 24.4 Å². The summed E-state index contributed by atoms with van der Waals surface area (Å²) in [5.41, 5.74) is -0.507. The second-order valence-electron chi connectivity index (χ2n) is 8.44. The fourth-order valence-corrected chi connectivity index (χ4v) is 5.04. The summed E-state index contributed by atoms with van der Waals surface area (Å²) in [6.07, 6.45) is 10.2. The van der Waals surface area contributed by atoms with Crippen LogP contribution in [0, 0.1) is 5.92 Å². The second-order valence-corrected chi connectivity index (χ2v) is 8.44. The molecule has 3 heterocycles. The Morgan fingerprint density at radius 3 is 2.69 bits per heavy atom. The Kier molecular flexibility index (Phi) is 5.02. The monoisotopic (exact) mass is 358 g/mol. The number of likely N-dealkylation sites (tertiary alicyclic amines) is 1. The number of carbonyl (C=O) groups is 1. The molecule has 1 aliphatic carbocycles. The molecular formula is C21H30N2O3. The number of aliphatic hydroxyl groups is 1. The van der Waals surface area contributed by atoms with Crippen molar-refractivity contribution >= 4 is 5.91 Å². The molecule has 1 spiro atoms. The highest BCUT2D eigenvalue weighted by atomic mass is 16.5. The van der Waals surface area contributed by atoms with Crippen molar-refractivity contribution in [2.75, 3.05) is 19.7 Å². The van der Waals surface area contributed by atoms with Crippen molar-refractivity contribution in [2.45, 2.75) is 69.0 Å². The van der Waals surface area contributed by atoms with Gasteiger partial charge in [0.05, 0.1) is 17.9 Å². The Bertz CT molecular complexity index is 621. The van der Waals surface area contributed by atoms with Crippen LogP contribution >= 0.6 is 0 Å². The van der Waals surface area contributed by atoms with Gasteiger partial charge in [-0.3, -0.25) is 9.78 Å². The highest BCUT2D eigenvalue weighted by Crippen LogP contribution is 2.44. The fraction of sp³-hybridized carbons (Fsp3) is 0.714. The van der Waals surface area contributed by atoms with E-state index in [-0.39, 0.29) is 5.60 Å². The van der Waals surface area contributed by atoms with Gasteiger partial charge in [-0.25, -0.2) is 0 Å². The van der Waals surface area contributed by atoms with Gasteiger partial charge in [-0.15, -0.1) is 0 Å². The summed E-state index contributed by atoms with van der Waals surface area (Å²) in [6.45, 7) is 2.02. The minimum absolute atomic E-state index is 0.308. The Balaban J connectivity index is 1.37. The fourth-order valence-electron chi connectivity index (χ4n) is 5.04. The molecule has 5 heteroatoms. The molecule has 0 aromatic carbocycles. The molecule has 3 aliphatic rings. The van der Waals surface area contributed by atoms with Gasteiger partial charge in [-0.1, -0.05) is 18.9 Å². The van der Waals surface area contributed by atoms with Gasteiger partial charge in [0.1, 0.15) is 5.60 Å². The van der Waals surface area contributed by atoms with Crippen molar-refractivity contribution in [3.63, 3.8) is 0 Å². The normalized spacial score (nSPS) is 29.2. The van der Waals surface area contributed by atoms with Crippen molar-refractivity contribution in [2.24, 2.45) is 5.92 Å². The lowest BCUT2D eigenvalue weighted by molar-refractivity contribution is -0.185. The van der Waals surface area contributed by atoms with E-state index >= 15 is 0 Å². The van der Waals surface area contributed by atoms with Gasteiger partial charge in [-0.2, -0.15) is 0 Å². The summed E-state index contributed by atoms with van der Waals surface area (Å²) in [6, 6.07) is 5.70. The van der Waals surface area contributed by atoms with Crippen LogP contribution in [0.1, 0.15) is 63.5 Å². The molecule has 1 N–H and O–H groups in total. The first-order chi connectivity index (χ1) is 12.6. The standard InChI is InChI=1S/C21H30N2O3/c24-19(15-17-5-1-2-6-17)23-12-8-20(9-13-23)16-21(25,10-14-26-20)18-7-3-4-11-22-18/h3-4,7,11,17,25H,1-2,5-6,8-10,12-16H2. The van der Waals surface area contributed by atoms with Crippen molar-refractivity contribution in [3.8, 4) is 0 Å². The van der Waals surface area contributed by atoms with Crippen LogP contribution in [0.25, 0.3) is 0 Å². The first-order valence-corrected chi connectivity index (χ1v) is 10.1. The SMILES string of the molecule is O=C(CC1CCCC1)N1CCC2(CC1)CC(O)(c1ccccn1)CCO2. The number of nitrogens with zero attached hydrogens (tertiary/aromatic N) is 2. The van der Waals surface area contributed by atoms with Crippen molar-refractivity contribution in [1.29, 1.82) is 0 Å². The molecule has 0 radical (unpaired) electrons. The third-order valence-electron chi connectivity index (χ3n) is 6.65. The van der Waals surface area contributed by atoms with E-state index in [2.05, 4.69) is 4.98 Å². The van der Waals surface area contributed by atoms with Crippen molar-refractivity contribution < 1.29 is 14.6 Å². The second kappa shape index (κ2) is 7.28. The lowest BCUT2D eigenvalue weighted by Crippen LogP contribution is -2.54. The van der Waals surface area contributed by atoms with Crippen LogP contribution in [0.2, 0.25) is 0 Å². The van der Waals surface area contributed by atoms with Gasteiger partial charge in [0.15, 0.2) is 0 Å². The van der Waals surface area contributed by atoms with E-state index in [1.807, 2.05) is 23.1 Å². The molecule has 1 aromatic rings. The van der Waals surface area contributed by atoms with E-state index in [4.69, 9.17) is 4.74 Å². The molecule has 3 fully saturated rings. The summed E-state index contributed by atoms with van der Waals surface area (Å²) in [5.74, 6) is 0.904. The Hall–Kier alpha value is -1.46. The maximum Gasteiger partial charge on any atom is 0.222 e. The number of hydrogen-bond acceptors (Lipinski definition) is 4. The van der Waals surface area contributed by atoms with Crippen LogP contribution in [0.3, 0.4) is 0 Å². The molecule has 1 saturated carbocycles. The first kappa shape index (κ1) is 17.9. The zero-order chi connectivity index (χ0) is 18.0. The lowest BCUT2D eigenvalue weighted by atomic mass is 9.75. The summed E-state index contributed by atoms with van der Waals surface area (Å²) >= 11 is 0. The molecule has 4 rings (SSSR count).